The summed E-state index contributed by atoms with van der Waals surface area (Å²) in [5.41, 5.74) is 4.11. The molecule has 0 saturated heterocycles. The number of thiophene rings is 1. The number of carbonyl (C=O) groups excluding carboxylic acids is 1. The lowest BCUT2D eigenvalue weighted by Gasteiger charge is -2.20. The topological polar surface area (TPSA) is 62.1 Å². The first kappa shape index (κ1) is 20.4. The van der Waals surface area contributed by atoms with E-state index in [1.807, 2.05) is 39.0 Å². The number of aryl methyl sites for hydroxylation is 2. The third-order valence-corrected chi connectivity index (χ3v) is 6.88. The Labute approximate surface area is 171 Å². The quantitative estimate of drug-likeness (QED) is 0.696. The first-order valence-electron chi connectivity index (χ1n) is 10.1. The summed E-state index contributed by atoms with van der Waals surface area (Å²) in [6.45, 7) is 8.23. The number of hydrogen-bond acceptors (Lipinski definition) is 4. The molecular weight excluding hydrogens is 368 g/mol. The van der Waals surface area contributed by atoms with Crippen LogP contribution in [0.4, 0.5) is 5.00 Å². The molecule has 2 atom stereocenters. The molecule has 1 amide bonds. The average molecular weight is 397 g/mol. The molecule has 0 spiro atoms. The van der Waals surface area contributed by atoms with Gasteiger partial charge in [0.15, 0.2) is 6.10 Å². The van der Waals surface area contributed by atoms with E-state index < -0.39 is 6.10 Å². The molecule has 1 N–H and O–H groups in total. The van der Waals surface area contributed by atoms with Crippen molar-refractivity contribution in [2.24, 2.45) is 5.92 Å². The van der Waals surface area contributed by atoms with Crippen LogP contribution in [0.1, 0.15) is 60.2 Å². The summed E-state index contributed by atoms with van der Waals surface area (Å²) in [5, 5.41) is 13.3. The van der Waals surface area contributed by atoms with Crippen molar-refractivity contribution in [3.63, 3.8) is 0 Å². The number of amides is 1. The second-order valence-electron chi connectivity index (χ2n) is 7.59. The molecule has 1 aliphatic carbocycles. The van der Waals surface area contributed by atoms with Crippen LogP contribution in [0.2, 0.25) is 0 Å². The summed E-state index contributed by atoms with van der Waals surface area (Å²) in [6, 6.07) is 8.17. The number of ether oxygens (including phenoxy) is 1. The van der Waals surface area contributed by atoms with Crippen LogP contribution < -0.4 is 10.1 Å². The monoisotopic (exact) mass is 396 g/mol. The molecule has 1 aromatic heterocycles. The van der Waals surface area contributed by atoms with E-state index in [4.69, 9.17) is 4.74 Å². The van der Waals surface area contributed by atoms with Gasteiger partial charge in [0.2, 0.25) is 0 Å². The molecule has 1 aliphatic rings. The number of rotatable bonds is 6. The van der Waals surface area contributed by atoms with Crippen LogP contribution in [0.3, 0.4) is 0 Å². The lowest BCUT2D eigenvalue weighted by molar-refractivity contribution is -0.122. The van der Waals surface area contributed by atoms with Crippen LogP contribution in [-0.4, -0.2) is 12.0 Å². The molecular formula is C23H28N2O2S. The van der Waals surface area contributed by atoms with Gasteiger partial charge in [-0.3, -0.25) is 4.79 Å². The Kier molecular flexibility index (Phi) is 6.41. The summed E-state index contributed by atoms with van der Waals surface area (Å²) >= 11 is 1.56. The van der Waals surface area contributed by atoms with E-state index in [9.17, 15) is 10.1 Å². The van der Waals surface area contributed by atoms with E-state index in [0.29, 0.717) is 28.7 Å². The maximum absolute atomic E-state index is 12.9. The minimum absolute atomic E-state index is 0.192. The average Bonchev–Trinajstić information content (AvgIpc) is 3.04. The van der Waals surface area contributed by atoms with E-state index in [-0.39, 0.29) is 5.91 Å². The number of anilines is 1. The second-order valence-corrected chi connectivity index (χ2v) is 8.69. The van der Waals surface area contributed by atoms with Crippen molar-refractivity contribution in [2.75, 3.05) is 5.32 Å². The van der Waals surface area contributed by atoms with Crippen molar-refractivity contribution in [2.45, 2.75) is 65.9 Å². The van der Waals surface area contributed by atoms with Crippen molar-refractivity contribution in [3.8, 4) is 11.8 Å². The van der Waals surface area contributed by atoms with Gasteiger partial charge in [-0.05, 0) is 74.3 Å². The fourth-order valence-corrected chi connectivity index (χ4v) is 4.99. The summed E-state index contributed by atoms with van der Waals surface area (Å²) in [6.07, 6.45) is 4.19. The van der Waals surface area contributed by atoms with Crippen LogP contribution in [0.5, 0.6) is 5.75 Å². The molecule has 2 unspecified atom stereocenters. The Bertz CT molecular complexity index is 910. The van der Waals surface area contributed by atoms with Crippen molar-refractivity contribution in [3.05, 3.63) is 45.3 Å². The van der Waals surface area contributed by atoms with E-state index in [1.54, 1.807) is 11.3 Å². The van der Waals surface area contributed by atoms with E-state index >= 15 is 0 Å². The summed E-state index contributed by atoms with van der Waals surface area (Å²) in [7, 11) is 0. The zero-order valence-electron chi connectivity index (χ0n) is 17.1. The predicted octanol–water partition coefficient (Wildman–Crippen LogP) is 5.55. The van der Waals surface area contributed by atoms with E-state index in [2.05, 4.69) is 18.3 Å². The molecule has 0 bridgehead atoms. The zero-order valence-corrected chi connectivity index (χ0v) is 17.9. The molecule has 5 heteroatoms. The maximum Gasteiger partial charge on any atom is 0.266 e. The largest absolute Gasteiger partial charge is 0.481 e. The molecule has 4 nitrogen and oxygen atoms in total. The van der Waals surface area contributed by atoms with Gasteiger partial charge in [0.05, 0.1) is 5.56 Å². The molecule has 148 valence electrons. The lowest BCUT2D eigenvalue weighted by Crippen LogP contribution is -2.32. The third-order valence-electron chi connectivity index (χ3n) is 5.71. The smallest absolute Gasteiger partial charge is 0.266 e. The van der Waals surface area contributed by atoms with Crippen molar-refractivity contribution in [1.29, 1.82) is 5.26 Å². The third kappa shape index (κ3) is 4.23. The fourth-order valence-electron chi connectivity index (χ4n) is 3.68. The molecule has 0 radical (unpaired) electrons. The standard InChI is InChI=1S/C23H28N2O2S/c1-5-16-8-10-18-19(13-24)23(28-21(18)12-16)25-22(26)20(6-2)27-17-9-7-14(3)15(4)11-17/h7,9,11,16,20H,5-6,8,10,12H2,1-4H3,(H,25,26). The first-order chi connectivity index (χ1) is 13.5. The van der Waals surface area contributed by atoms with Crippen LogP contribution in [-0.2, 0) is 17.6 Å². The van der Waals surface area contributed by atoms with Crippen molar-refractivity contribution in [1.82, 2.24) is 0 Å². The highest BCUT2D eigenvalue weighted by Crippen LogP contribution is 2.40. The Morgan fingerprint density at radius 2 is 2.14 bits per heavy atom. The molecule has 2 aromatic rings. The van der Waals surface area contributed by atoms with Gasteiger partial charge in [-0.25, -0.2) is 0 Å². The number of nitriles is 1. The minimum Gasteiger partial charge on any atom is -0.481 e. The van der Waals surface area contributed by atoms with Crippen LogP contribution in [0.15, 0.2) is 18.2 Å². The second kappa shape index (κ2) is 8.79. The highest BCUT2D eigenvalue weighted by molar-refractivity contribution is 7.16. The Hall–Kier alpha value is -2.32. The van der Waals surface area contributed by atoms with Crippen LogP contribution >= 0.6 is 11.3 Å². The summed E-state index contributed by atoms with van der Waals surface area (Å²) in [4.78, 5) is 14.1. The van der Waals surface area contributed by atoms with E-state index in [0.717, 1.165) is 36.8 Å². The van der Waals surface area contributed by atoms with Crippen molar-refractivity contribution >= 4 is 22.2 Å². The lowest BCUT2D eigenvalue weighted by atomic mass is 9.86. The van der Waals surface area contributed by atoms with Crippen molar-refractivity contribution < 1.29 is 9.53 Å². The van der Waals surface area contributed by atoms with Gasteiger partial charge in [-0.15, -0.1) is 11.3 Å². The van der Waals surface area contributed by atoms with Gasteiger partial charge in [0, 0.05) is 4.88 Å². The molecule has 1 heterocycles. The number of fused-ring (bicyclic) bond motifs is 1. The highest BCUT2D eigenvalue weighted by atomic mass is 32.1. The SMILES string of the molecule is CCC1CCc2c(sc(NC(=O)C(CC)Oc3ccc(C)c(C)c3)c2C#N)C1. The molecule has 0 fully saturated rings. The zero-order chi connectivity index (χ0) is 20.3. The van der Waals surface area contributed by atoms with Crippen LogP contribution in [0, 0.1) is 31.1 Å². The molecule has 0 aliphatic heterocycles. The number of nitrogens with one attached hydrogen (secondary N) is 1. The molecule has 1 aromatic carbocycles. The normalized spacial score (nSPS) is 16.8. The van der Waals surface area contributed by atoms with Gasteiger partial charge in [0.25, 0.3) is 5.91 Å². The summed E-state index contributed by atoms with van der Waals surface area (Å²) in [5.74, 6) is 1.18. The Morgan fingerprint density at radius 3 is 2.79 bits per heavy atom. The predicted molar refractivity (Wildman–Crippen MR) is 114 cm³/mol. The highest BCUT2D eigenvalue weighted by Gasteiger charge is 2.27. The summed E-state index contributed by atoms with van der Waals surface area (Å²) < 4.78 is 5.95. The Morgan fingerprint density at radius 1 is 1.36 bits per heavy atom. The van der Waals surface area contributed by atoms with Gasteiger partial charge < -0.3 is 10.1 Å². The van der Waals surface area contributed by atoms with Gasteiger partial charge in [-0.2, -0.15) is 5.26 Å². The van der Waals surface area contributed by atoms with Gasteiger partial charge >= 0.3 is 0 Å². The fraction of sp³-hybridized carbons (Fsp3) is 0.478. The first-order valence-corrected chi connectivity index (χ1v) is 10.9. The number of nitrogens with zero attached hydrogens (tertiary/aromatic N) is 1. The minimum atomic E-state index is -0.587. The molecule has 28 heavy (non-hydrogen) atoms. The number of carbonyl (C=O) groups is 1. The maximum atomic E-state index is 12.9. The molecule has 0 saturated carbocycles. The van der Waals surface area contributed by atoms with Gasteiger partial charge in [0.1, 0.15) is 16.8 Å². The number of benzene rings is 1. The number of hydrogen-bond donors (Lipinski definition) is 1. The van der Waals surface area contributed by atoms with Crippen LogP contribution in [0.25, 0.3) is 0 Å². The van der Waals surface area contributed by atoms with Gasteiger partial charge in [-0.1, -0.05) is 26.3 Å². The Balaban J connectivity index is 1.76. The van der Waals surface area contributed by atoms with E-state index in [1.165, 1.54) is 10.4 Å². The molecule has 3 rings (SSSR count).